The molecule has 0 spiro atoms. The molecule has 0 saturated carbocycles. The summed E-state index contributed by atoms with van der Waals surface area (Å²) in [6, 6.07) is 6.69. The highest BCUT2D eigenvalue weighted by Gasteiger charge is 2.18. The molecular weight excluding hydrogens is 362 g/mol. The number of thiazole rings is 1. The van der Waals surface area contributed by atoms with E-state index in [9.17, 15) is 4.79 Å². The molecule has 0 saturated heterocycles. The predicted molar refractivity (Wildman–Crippen MR) is 104 cm³/mol. The maximum atomic E-state index is 12.0. The van der Waals surface area contributed by atoms with Crippen LogP contribution in [0.1, 0.15) is 32.3 Å². The second kappa shape index (κ2) is 8.13. The summed E-state index contributed by atoms with van der Waals surface area (Å²) in [4.78, 5) is 21.6. The van der Waals surface area contributed by atoms with Gasteiger partial charge in [-0.2, -0.15) is 4.57 Å². The Bertz CT molecular complexity index is 953. The van der Waals surface area contributed by atoms with E-state index in [0.717, 1.165) is 16.1 Å². The number of benzene rings is 1. The Kier molecular flexibility index (Phi) is 5.66. The number of nitrogens with two attached hydrogens (primary N) is 2. The second-order valence-electron chi connectivity index (χ2n) is 6.20. The smallest absolute Gasteiger partial charge is 0.338 e. The first-order chi connectivity index (χ1) is 12.9. The van der Waals surface area contributed by atoms with Gasteiger partial charge < -0.3 is 16.2 Å². The quantitative estimate of drug-likeness (QED) is 0.383. The van der Waals surface area contributed by atoms with Crippen LogP contribution in [0.2, 0.25) is 0 Å². The van der Waals surface area contributed by atoms with Crippen molar-refractivity contribution in [1.82, 2.24) is 9.97 Å². The van der Waals surface area contributed by atoms with Crippen LogP contribution in [0.5, 0.6) is 0 Å². The van der Waals surface area contributed by atoms with E-state index in [1.807, 2.05) is 19.4 Å². The molecule has 4 N–H and O–H groups in total. The minimum Gasteiger partial charge on any atom is -0.462 e. The summed E-state index contributed by atoms with van der Waals surface area (Å²) in [5.74, 6) is 0.813. The zero-order valence-corrected chi connectivity index (χ0v) is 16.1. The summed E-state index contributed by atoms with van der Waals surface area (Å²) in [6.07, 6.45) is 2.42. The Morgan fingerprint density at radius 1 is 1.22 bits per heavy atom. The van der Waals surface area contributed by atoms with E-state index < -0.39 is 0 Å². The molecule has 1 aromatic carbocycles. The van der Waals surface area contributed by atoms with E-state index in [0.29, 0.717) is 42.5 Å². The topological polar surface area (TPSA) is 108 Å². The minimum atomic E-state index is -0.346. The molecule has 0 radical (unpaired) electrons. The normalized spacial score (nSPS) is 10.7. The largest absolute Gasteiger partial charge is 0.462 e. The Hall–Kier alpha value is -3.00. The molecule has 0 aliphatic heterocycles. The van der Waals surface area contributed by atoms with Gasteiger partial charge in [0.25, 0.3) is 0 Å². The van der Waals surface area contributed by atoms with E-state index in [-0.39, 0.29) is 5.97 Å². The number of hydrogen-bond acceptors (Lipinski definition) is 7. The van der Waals surface area contributed by atoms with Crippen LogP contribution >= 0.6 is 11.3 Å². The molecule has 2 heterocycles. The predicted octanol–water partition coefficient (Wildman–Crippen LogP) is 2.05. The zero-order valence-electron chi connectivity index (χ0n) is 15.3. The summed E-state index contributed by atoms with van der Waals surface area (Å²) in [6.45, 7) is 4.78. The molecule has 0 amide bonds. The summed E-state index contributed by atoms with van der Waals surface area (Å²) in [5.41, 5.74) is 16.7. The van der Waals surface area contributed by atoms with Crippen molar-refractivity contribution in [3.63, 3.8) is 0 Å². The minimum absolute atomic E-state index is 0.320. The van der Waals surface area contributed by atoms with Gasteiger partial charge >= 0.3 is 5.97 Å². The van der Waals surface area contributed by atoms with Crippen LogP contribution in [0, 0.1) is 13.8 Å². The lowest BCUT2D eigenvalue weighted by molar-refractivity contribution is -0.689. The molecule has 0 aliphatic carbocycles. The highest BCUT2D eigenvalue weighted by Crippen LogP contribution is 2.15. The SMILES string of the molecule is Cc1ncc(C[n+]2csc(CCOC(=O)c3ccc(N)cc3)c2C)c(N)n1. The van der Waals surface area contributed by atoms with Gasteiger partial charge in [-0.1, -0.05) is 11.3 Å². The number of ether oxygens (including phenoxy) is 1. The van der Waals surface area contributed by atoms with Gasteiger partial charge in [0, 0.05) is 25.2 Å². The maximum Gasteiger partial charge on any atom is 0.338 e. The van der Waals surface area contributed by atoms with Crippen LogP contribution in [0.3, 0.4) is 0 Å². The molecule has 0 aliphatic rings. The van der Waals surface area contributed by atoms with Gasteiger partial charge in [-0.15, -0.1) is 0 Å². The summed E-state index contributed by atoms with van der Waals surface area (Å²) < 4.78 is 7.47. The molecule has 8 heteroatoms. The fourth-order valence-corrected chi connectivity index (χ4v) is 3.58. The number of aryl methyl sites for hydroxylation is 1. The number of carbonyl (C=O) groups is 1. The number of anilines is 2. The summed E-state index contributed by atoms with van der Waals surface area (Å²) >= 11 is 1.63. The average Bonchev–Trinajstić information content (AvgIpc) is 2.98. The van der Waals surface area contributed by atoms with Gasteiger partial charge in [0.2, 0.25) is 5.51 Å². The fraction of sp³-hybridized carbons (Fsp3) is 0.263. The third kappa shape index (κ3) is 4.59. The number of nitrogen functional groups attached to an aromatic ring is 2. The van der Waals surface area contributed by atoms with Crippen LogP contribution in [0.25, 0.3) is 0 Å². The van der Waals surface area contributed by atoms with Gasteiger partial charge in [-0.3, -0.25) is 0 Å². The second-order valence-corrected chi connectivity index (χ2v) is 7.13. The first-order valence-electron chi connectivity index (χ1n) is 8.51. The Balaban J connectivity index is 1.58. The molecule has 3 aromatic rings. The molecule has 0 bridgehead atoms. The lowest BCUT2D eigenvalue weighted by Gasteiger charge is -2.04. The first-order valence-corrected chi connectivity index (χ1v) is 9.39. The molecule has 0 fully saturated rings. The molecule has 27 heavy (non-hydrogen) atoms. The van der Waals surface area contributed by atoms with Crippen LogP contribution in [-0.4, -0.2) is 22.5 Å². The van der Waals surface area contributed by atoms with E-state index in [2.05, 4.69) is 14.5 Å². The molecular formula is C19H22N5O2S+. The number of carbonyl (C=O) groups excluding carboxylic acids is 1. The highest BCUT2D eigenvalue weighted by atomic mass is 32.1. The van der Waals surface area contributed by atoms with E-state index in [1.54, 1.807) is 41.8 Å². The van der Waals surface area contributed by atoms with Crippen molar-refractivity contribution in [2.24, 2.45) is 0 Å². The third-order valence-electron chi connectivity index (χ3n) is 4.22. The van der Waals surface area contributed by atoms with E-state index >= 15 is 0 Å². The van der Waals surface area contributed by atoms with Crippen molar-refractivity contribution >= 4 is 28.8 Å². The molecule has 2 aromatic heterocycles. The fourth-order valence-electron chi connectivity index (χ4n) is 2.60. The highest BCUT2D eigenvalue weighted by molar-refractivity contribution is 7.09. The Labute approximate surface area is 161 Å². The number of rotatable bonds is 6. The number of hydrogen-bond donors (Lipinski definition) is 2. The maximum absolute atomic E-state index is 12.0. The molecule has 140 valence electrons. The first kappa shape index (κ1) is 18.8. The van der Waals surface area contributed by atoms with E-state index in [1.165, 1.54) is 0 Å². The summed E-state index contributed by atoms with van der Waals surface area (Å²) in [5, 5.41) is 0. The van der Waals surface area contributed by atoms with Crippen molar-refractivity contribution in [2.75, 3.05) is 18.1 Å². The van der Waals surface area contributed by atoms with Crippen molar-refractivity contribution in [3.05, 3.63) is 63.5 Å². The number of esters is 1. The summed E-state index contributed by atoms with van der Waals surface area (Å²) in [7, 11) is 0. The van der Waals surface area contributed by atoms with Gasteiger partial charge in [-0.25, -0.2) is 14.8 Å². The van der Waals surface area contributed by atoms with Crippen molar-refractivity contribution in [3.8, 4) is 0 Å². The number of nitrogens with zero attached hydrogens (tertiary/aromatic N) is 3. The molecule has 7 nitrogen and oxygen atoms in total. The molecule has 3 rings (SSSR count). The Morgan fingerprint density at radius 3 is 2.67 bits per heavy atom. The van der Waals surface area contributed by atoms with Gasteiger partial charge in [0.15, 0.2) is 12.2 Å². The van der Waals surface area contributed by atoms with Crippen LogP contribution in [0.15, 0.2) is 36.0 Å². The average molecular weight is 384 g/mol. The molecule has 0 atom stereocenters. The Morgan fingerprint density at radius 2 is 1.96 bits per heavy atom. The van der Waals surface area contributed by atoms with Gasteiger partial charge in [0.1, 0.15) is 11.6 Å². The van der Waals surface area contributed by atoms with Crippen molar-refractivity contribution in [2.45, 2.75) is 26.8 Å². The standard InChI is InChI=1S/C19H21N5O2S/c1-12-17(7-8-26-19(25)14-3-5-16(20)6-4-14)27-11-24(12)10-15-9-22-13(2)23-18(15)21/h3-6,9,11H,7-8,10H2,1-2H3,(H3-,20,21,22,23,25)/p+1. The zero-order chi connectivity index (χ0) is 19.4. The van der Waals surface area contributed by atoms with Gasteiger partial charge in [0.05, 0.1) is 22.6 Å². The van der Waals surface area contributed by atoms with Crippen molar-refractivity contribution in [1.29, 1.82) is 0 Å². The monoisotopic (exact) mass is 384 g/mol. The van der Waals surface area contributed by atoms with Gasteiger partial charge in [-0.05, 0) is 31.2 Å². The lowest BCUT2D eigenvalue weighted by atomic mass is 10.2. The van der Waals surface area contributed by atoms with Crippen LogP contribution in [0.4, 0.5) is 11.5 Å². The third-order valence-corrected chi connectivity index (χ3v) is 5.37. The number of aromatic nitrogens is 3. The van der Waals surface area contributed by atoms with E-state index in [4.69, 9.17) is 16.2 Å². The van der Waals surface area contributed by atoms with Crippen molar-refractivity contribution < 1.29 is 14.1 Å². The molecule has 0 unspecified atom stereocenters. The van der Waals surface area contributed by atoms with Crippen LogP contribution in [-0.2, 0) is 17.7 Å². The van der Waals surface area contributed by atoms with Crippen LogP contribution < -0.4 is 16.0 Å². The lowest BCUT2D eigenvalue weighted by Crippen LogP contribution is -2.35.